The number of hydrogen-bond donors (Lipinski definition) is 1. The maximum absolute atomic E-state index is 5.70. The van der Waals surface area contributed by atoms with Crippen LogP contribution in [0.25, 0.3) is 11.1 Å². The van der Waals surface area contributed by atoms with Crippen LogP contribution in [-0.2, 0) is 0 Å². The molecular weight excluding hydrogens is 266 g/mol. The summed E-state index contributed by atoms with van der Waals surface area (Å²) < 4.78 is 0. The predicted molar refractivity (Wildman–Crippen MR) is 82.4 cm³/mol. The highest BCUT2D eigenvalue weighted by Crippen LogP contribution is 2.34. The Labute approximate surface area is 121 Å². The highest BCUT2D eigenvalue weighted by atomic mass is 32.2. The van der Waals surface area contributed by atoms with Gasteiger partial charge in [0.25, 0.3) is 0 Å². The molecule has 98 valence electrons. The molecule has 4 heteroatoms. The summed E-state index contributed by atoms with van der Waals surface area (Å²) in [5.41, 5.74) is 8.05. The first-order chi connectivity index (χ1) is 9.83. The fourth-order valence-corrected chi connectivity index (χ4v) is 2.82. The van der Waals surface area contributed by atoms with Gasteiger partial charge in [-0.1, -0.05) is 48.5 Å². The molecule has 0 aliphatic heterocycles. The van der Waals surface area contributed by atoms with Crippen LogP contribution in [0.1, 0.15) is 0 Å². The van der Waals surface area contributed by atoms with E-state index < -0.39 is 0 Å². The maximum atomic E-state index is 5.70. The molecule has 2 aromatic carbocycles. The van der Waals surface area contributed by atoms with Crippen molar-refractivity contribution in [1.82, 2.24) is 9.97 Å². The lowest BCUT2D eigenvalue weighted by molar-refractivity contribution is 0.976. The van der Waals surface area contributed by atoms with Crippen molar-refractivity contribution in [3.8, 4) is 11.1 Å². The normalized spacial score (nSPS) is 10.4. The van der Waals surface area contributed by atoms with E-state index in [4.69, 9.17) is 5.73 Å². The average Bonchev–Trinajstić information content (AvgIpc) is 2.49. The van der Waals surface area contributed by atoms with Gasteiger partial charge in [-0.2, -0.15) is 0 Å². The molecule has 0 saturated heterocycles. The summed E-state index contributed by atoms with van der Waals surface area (Å²) in [6, 6.07) is 20.2. The number of nitrogen functional groups attached to an aromatic ring is 1. The van der Waals surface area contributed by atoms with Crippen LogP contribution < -0.4 is 5.73 Å². The molecule has 0 aliphatic carbocycles. The first-order valence-corrected chi connectivity index (χ1v) is 7.05. The fraction of sp³-hybridized carbons (Fsp3) is 0. The minimum absolute atomic E-state index is 0.486. The molecule has 1 heterocycles. The summed E-state index contributed by atoms with van der Waals surface area (Å²) in [5, 5.41) is 0.661. The molecule has 0 amide bonds. The van der Waals surface area contributed by atoms with E-state index in [9.17, 15) is 0 Å². The molecule has 0 radical (unpaired) electrons. The summed E-state index contributed by atoms with van der Waals surface area (Å²) in [6.07, 6.45) is 1.68. The predicted octanol–water partition coefficient (Wildman–Crippen LogP) is 3.88. The molecule has 3 rings (SSSR count). The number of rotatable bonds is 3. The van der Waals surface area contributed by atoms with Gasteiger partial charge in [-0.25, -0.2) is 9.97 Å². The molecular formula is C16H13N3S. The number of benzene rings is 2. The van der Waals surface area contributed by atoms with Crippen molar-refractivity contribution in [3.05, 3.63) is 66.9 Å². The minimum atomic E-state index is 0.486. The lowest BCUT2D eigenvalue weighted by Gasteiger charge is -2.08. The first-order valence-electron chi connectivity index (χ1n) is 6.24. The van der Waals surface area contributed by atoms with Crippen LogP contribution in [0.3, 0.4) is 0 Å². The number of aromatic nitrogens is 2. The van der Waals surface area contributed by atoms with Crippen molar-refractivity contribution in [3.63, 3.8) is 0 Å². The lowest BCUT2D eigenvalue weighted by atomic mass is 10.1. The van der Waals surface area contributed by atoms with E-state index >= 15 is 0 Å². The number of nitrogens with two attached hydrogens (primary N) is 1. The molecule has 0 atom stereocenters. The Hall–Kier alpha value is -2.33. The molecule has 2 N–H and O–H groups in total. The maximum Gasteiger partial charge on any atom is 0.194 e. The Kier molecular flexibility index (Phi) is 3.65. The Bertz CT molecular complexity index is 714. The van der Waals surface area contributed by atoms with E-state index in [-0.39, 0.29) is 0 Å². The first kappa shape index (κ1) is 12.7. The highest BCUT2D eigenvalue weighted by Gasteiger charge is 2.07. The van der Waals surface area contributed by atoms with E-state index in [0.29, 0.717) is 11.0 Å². The molecule has 1 aromatic heterocycles. The van der Waals surface area contributed by atoms with Crippen LogP contribution in [0, 0.1) is 0 Å². The SMILES string of the molecule is Nc1ccnc(Sc2ccccc2-c2ccccc2)n1. The molecule has 0 saturated carbocycles. The topological polar surface area (TPSA) is 51.8 Å². The largest absolute Gasteiger partial charge is 0.384 e. The van der Waals surface area contributed by atoms with E-state index in [2.05, 4.69) is 34.2 Å². The second-order valence-electron chi connectivity index (χ2n) is 4.23. The Morgan fingerprint density at radius 3 is 2.40 bits per heavy atom. The van der Waals surface area contributed by atoms with Crippen molar-refractivity contribution >= 4 is 17.6 Å². The van der Waals surface area contributed by atoms with Gasteiger partial charge in [-0.3, -0.25) is 0 Å². The zero-order chi connectivity index (χ0) is 13.8. The van der Waals surface area contributed by atoms with E-state index in [0.717, 1.165) is 4.90 Å². The van der Waals surface area contributed by atoms with Gasteiger partial charge in [0.15, 0.2) is 5.16 Å². The highest BCUT2D eigenvalue weighted by molar-refractivity contribution is 7.99. The van der Waals surface area contributed by atoms with Gasteiger partial charge < -0.3 is 5.73 Å². The zero-order valence-electron chi connectivity index (χ0n) is 10.7. The summed E-state index contributed by atoms with van der Waals surface area (Å²) >= 11 is 1.52. The molecule has 3 aromatic rings. The third-order valence-electron chi connectivity index (χ3n) is 2.83. The third kappa shape index (κ3) is 2.81. The van der Waals surface area contributed by atoms with E-state index in [1.807, 2.05) is 30.3 Å². The average molecular weight is 279 g/mol. The number of hydrogen-bond acceptors (Lipinski definition) is 4. The third-order valence-corrected chi connectivity index (χ3v) is 3.78. The van der Waals surface area contributed by atoms with Crippen LogP contribution in [-0.4, -0.2) is 9.97 Å². The lowest BCUT2D eigenvalue weighted by Crippen LogP contribution is -1.93. The molecule has 0 bridgehead atoms. The van der Waals surface area contributed by atoms with Crippen LogP contribution in [0.2, 0.25) is 0 Å². The van der Waals surface area contributed by atoms with Crippen molar-refractivity contribution in [2.45, 2.75) is 10.1 Å². The van der Waals surface area contributed by atoms with E-state index in [1.165, 1.54) is 22.9 Å². The smallest absolute Gasteiger partial charge is 0.194 e. The van der Waals surface area contributed by atoms with E-state index in [1.54, 1.807) is 12.3 Å². The van der Waals surface area contributed by atoms with Gasteiger partial charge in [0, 0.05) is 11.1 Å². The van der Waals surface area contributed by atoms with Gasteiger partial charge in [-0.15, -0.1) is 0 Å². The van der Waals surface area contributed by atoms with Crippen LogP contribution in [0.4, 0.5) is 5.82 Å². The van der Waals surface area contributed by atoms with Gasteiger partial charge in [0.2, 0.25) is 0 Å². The van der Waals surface area contributed by atoms with Crippen LogP contribution in [0.15, 0.2) is 76.9 Å². The molecule has 20 heavy (non-hydrogen) atoms. The quantitative estimate of drug-likeness (QED) is 0.739. The van der Waals surface area contributed by atoms with Gasteiger partial charge >= 0.3 is 0 Å². The number of anilines is 1. The second kappa shape index (κ2) is 5.75. The second-order valence-corrected chi connectivity index (χ2v) is 5.24. The molecule has 3 nitrogen and oxygen atoms in total. The molecule has 0 fully saturated rings. The van der Waals surface area contributed by atoms with Crippen molar-refractivity contribution < 1.29 is 0 Å². The fourth-order valence-electron chi connectivity index (χ4n) is 1.91. The Morgan fingerprint density at radius 2 is 1.60 bits per heavy atom. The summed E-state index contributed by atoms with van der Waals surface area (Å²) in [6.45, 7) is 0. The standard InChI is InChI=1S/C16H13N3S/c17-15-10-11-18-16(19-15)20-14-9-5-4-8-13(14)12-6-2-1-3-7-12/h1-11H,(H2,17,18,19). The summed E-state index contributed by atoms with van der Waals surface area (Å²) in [5.74, 6) is 0.486. The minimum Gasteiger partial charge on any atom is -0.384 e. The summed E-state index contributed by atoms with van der Waals surface area (Å²) in [7, 11) is 0. The molecule has 0 aliphatic rings. The van der Waals surface area contributed by atoms with Crippen LogP contribution in [0.5, 0.6) is 0 Å². The summed E-state index contributed by atoms with van der Waals surface area (Å²) in [4.78, 5) is 9.59. The van der Waals surface area contributed by atoms with Crippen LogP contribution >= 0.6 is 11.8 Å². The van der Waals surface area contributed by atoms with Crippen molar-refractivity contribution in [2.75, 3.05) is 5.73 Å². The Morgan fingerprint density at radius 1 is 0.850 bits per heavy atom. The van der Waals surface area contributed by atoms with Gasteiger partial charge in [0.05, 0.1) is 0 Å². The monoisotopic (exact) mass is 279 g/mol. The Balaban J connectivity index is 1.99. The number of nitrogens with zero attached hydrogens (tertiary/aromatic N) is 2. The zero-order valence-corrected chi connectivity index (χ0v) is 11.5. The molecule has 0 spiro atoms. The molecule has 0 unspecified atom stereocenters. The van der Waals surface area contributed by atoms with Gasteiger partial charge in [0.1, 0.15) is 5.82 Å². The van der Waals surface area contributed by atoms with Crippen molar-refractivity contribution in [1.29, 1.82) is 0 Å². The van der Waals surface area contributed by atoms with Crippen molar-refractivity contribution in [2.24, 2.45) is 0 Å². The van der Waals surface area contributed by atoms with Gasteiger partial charge in [-0.05, 0) is 35.0 Å².